The molecule has 1 atom stereocenters. The van der Waals surface area contributed by atoms with Crippen LogP contribution in [0.5, 0.6) is 0 Å². The molecule has 1 aromatic carbocycles. The maximum Gasteiger partial charge on any atom is 0.124 e. The van der Waals surface area contributed by atoms with Crippen molar-refractivity contribution in [1.29, 1.82) is 0 Å². The maximum absolute atomic E-state index is 5.54. The summed E-state index contributed by atoms with van der Waals surface area (Å²) in [7, 11) is 0. The van der Waals surface area contributed by atoms with Crippen molar-refractivity contribution in [2.24, 2.45) is 0 Å². The molecule has 0 saturated heterocycles. The minimum atomic E-state index is 0.151. The third-order valence-electron chi connectivity index (χ3n) is 3.20. The van der Waals surface area contributed by atoms with Crippen LogP contribution in [0.15, 0.2) is 40.8 Å². The van der Waals surface area contributed by atoms with E-state index in [1.807, 2.05) is 43.3 Å². The van der Waals surface area contributed by atoms with Crippen LogP contribution >= 0.6 is 0 Å². The summed E-state index contributed by atoms with van der Waals surface area (Å²) in [6.45, 7) is 4.74. The van der Waals surface area contributed by atoms with Crippen molar-refractivity contribution in [2.45, 2.75) is 26.4 Å². The average molecular weight is 255 g/mol. The molecular formula is C15H17N3O. The van der Waals surface area contributed by atoms with Crippen molar-refractivity contribution >= 4 is 11.0 Å². The van der Waals surface area contributed by atoms with E-state index in [4.69, 9.17) is 4.42 Å². The van der Waals surface area contributed by atoms with Crippen molar-refractivity contribution < 1.29 is 4.42 Å². The maximum atomic E-state index is 5.54. The van der Waals surface area contributed by atoms with Gasteiger partial charge in [-0.25, -0.2) is 4.98 Å². The first-order valence-corrected chi connectivity index (χ1v) is 6.46. The molecule has 0 amide bonds. The summed E-state index contributed by atoms with van der Waals surface area (Å²) in [4.78, 5) is 7.91. The van der Waals surface area contributed by atoms with Crippen LogP contribution in [0.2, 0.25) is 0 Å². The number of H-pyrrole nitrogens is 1. The Balaban J connectivity index is 1.71. The molecule has 2 aromatic heterocycles. The third kappa shape index (κ3) is 2.53. The number of hydrogen-bond donors (Lipinski definition) is 2. The molecule has 0 fully saturated rings. The molecule has 0 aliphatic carbocycles. The van der Waals surface area contributed by atoms with E-state index in [1.165, 1.54) is 0 Å². The molecule has 2 N–H and O–H groups in total. The number of nitrogens with zero attached hydrogens (tertiary/aromatic N) is 1. The lowest BCUT2D eigenvalue weighted by Crippen LogP contribution is -2.18. The number of benzene rings is 1. The van der Waals surface area contributed by atoms with Gasteiger partial charge < -0.3 is 14.7 Å². The fourth-order valence-electron chi connectivity index (χ4n) is 2.11. The molecule has 4 heteroatoms. The van der Waals surface area contributed by atoms with E-state index in [0.717, 1.165) is 28.4 Å². The smallest absolute Gasteiger partial charge is 0.124 e. The van der Waals surface area contributed by atoms with E-state index in [1.54, 1.807) is 0 Å². The van der Waals surface area contributed by atoms with Crippen molar-refractivity contribution in [3.63, 3.8) is 0 Å². The molecule has 0 spiro atoms. The molecule has 4 nitrogen and oxygen atoms in total. The monoisotopic (exact) mass is 255 g/mol. The predicted octanol–water partition coefficient (Wildman–Crippen LogP) is 3.32. The molecule has 98 valence electrons. The Morgan fingerprint density at radius 2 is 2.11 bits per heavy atom. The highest BCUT2D eigenvalue weighted by Crippen LogP contribution is 2.16. The van der Waals surface area contributed by atoms with Crippen LogP contribution < -0.4 is 5.32 Å². The topological polar surface area (TPSA) is 53.9 Å². The van der Waals surface area contributed by atoms with Gasteiger partial charge in [0.1, 0.15) is 17.3 Å². The van der Waals surface area contributed by atoms with Gasteiger partial charge in [-0.15, -0.1) is 0 Å². The van der Waals surface area contributed by atoms with E-state index in [0.29, 0.717) is 6.54 Å². The summed E-state index contributed by atoms with van der Waals surface area (Å²) < 4.78 is 5.54. The van der Waals surface area contributed by atoms with Gasteiger partial charge in [0.2, 0.25) is 0 Å². The van der Waals surface area contributed by atoms with Gasteiger partial charge >= 0.3 is 0 Å². The number of aryl methyl sites for hydroxylation is 1. The molecule has 0 bridgehead atoms. The van der Waals surface area contributed by atoms with Gasteiger partial charge in [-0.3, -0.25) is 0 Å². The van der Waals surface area contributed by atoms with Crippen LogP contribution in [-0.2, 0) is 6.54 Å². The average Bonchev–Trinajstić information content (AvgIpc) is 3.01. The highest BCUT2D eigenvalue weighted by molar-refractivity contribution is 5.74. The summed E-state index contributed by atoms with van der Waals surface area (Å²) in [6.07, 6.45) is 0. The highest BCUT2D eigenvalue weighted by atomic mass is 16.3. The minimum absolute atomic E-state index is 0.151. The number of para-hydroxylation sites is 2. The fourth-order valence-corrected chi connectivity index (χ4v) is 2.11. The van der Waals surface area contributed by atoms with Gasteiger partial charge in [0.25, 0.3) is 0 Å². The molecule has 3 aromatic rings. The normalized spacial score (nSPS) is 12.9. The van der Waals surface area contributed by atoms with E-state index < -0.39 is 0 Å². The zero-order chi connectivity index (χ0) is 13.2. The SMILES string of the molecule is Cc1ccc(CNC(C)c2nc3ccccc3[nH]2)o1. The second kappa shape index (κ2) is 4.90. The summed E-state index contributed by atoms with van der Waals surface area (Å²) in [5, 5.41) is 3.40. The Kier molecular flexibility index (Phi) is 3.09. The quantitative estimate of drug-likeness (QED) is 0.752. The first-order valence-electron chi connectivity index (χ1n) is 6.46. The zero-order valence-corrected chi connectivity index (χ0v) is 11.1. The van der Waals surface area contributed by atoms with Crippen molar-refractivity contribution in [3.8, 4) is 0 Å². The van der Waals surface area contributed by atoms with Crippen LogP contribution in [0.1, 0.15) is 30.3 Å². The number of fused-ring (bicyclic) bond motifs is 1. The van der Waals surface area contributed by atoms with Gasteiger partial charge in [0, 0.05) is 0 Å². The molecule has 0 saturated carbocycles. The lowest BCUT2D eigenvalue weighted by molar-refractivity contribution is 0.440. The summed E-state index contributed by atoms with van der Waals surface area (Å²) in [5.41, 5.74) is 2.07. The van der Waals surface area contributed by atoms with Crippen LogP contribution in [0, 0.1) is 6.92 Å². The Labute approximate surface area is 111 Å². The van der Waals surface area contributed by atoms with Crippen LogP contribution in [0.3, 0.4) is 0 Å². The lowest BCUT2D eigenvalue weighted by Gasteiger charge is -2.09. The molecular weight excluding hydrogens is 238 g/mol. The summed E-state index contributed by atoms with van der Waals surface area (Å²) in [6, 6.07) is 12.2. The molecule has 0 aliphatic rings. The minimum Gasteiger partial charge on any atom is -0.465 e. The Hall–Kier alpha value is -2.07. The lowest BCUT2D eigenvalue weighted by atomic mass is 10.3. The third-order valence-corrected chi connectivity index (χ3v) is 3.20. The number of nitrogens with one attached hydrogen (secondary N) is 2. The number of hydrogen-bond acceptors (Lipinski definition) is 3. The van der Waals surface area contributed by atoms with Gasteiger partial charge in [-0.05, 0) is 38.1 Å². The van der Waals surface area contributed by atoms with Gasteiger partial charge in [-0.1, -0.05) is 12.1 Å². The van der Waals surface area contributed by atoms with Crippen molar-refractivity contribution in [1.82, 2.24) is 15.3 Å². The standard InChI is InChI=1S/C15H17N3O/c1-10-7-8-12(19-10)9-16-11(2)15-17-13-5-3-4-6-14(13)18-15/h3-8,11,16H,9H2,1-2H3,(H,17,18). The molecule has 0 aliphatic heterocycles. The second-order valence-electron chi connectivity index (χ2n) is 4.75. The number of aromatic nitrogens is 2. The molecule has 1 unspecified atom stereocenters. The van der Waals surface area contributed by atoms with Crippen LogP contribution in [0.4, 0.5) is 0 Å². The zero-order valence-electron chi connectivity index (χ0n) is 11.1. The van der Waals surface area contributed by atoms with Crippen LogP contribution in [-0.4, -0.2) is 9.97 Å². The van der Waals surface area contributed by atoms with Crippen molar-refractivity contribution in [3.05, 3.63) is 53.7 Å². The largest absolute Gasteiger partial charge is 0.465 e. The van der Waals surface area contributed by atoms with Gasteiger partial charge in [0.05, 0.1) is 23.6 Å². The van der Waals surface area contributed by atoms with Crippen molar-refractivity contribution in [2.75, 3.05) is 0 Å². The van der Waals surface area contributed by atoms with Gasteiger partial charge in [-0.2, -0.15) is 0 Å². The first-order chi connectivity index (χ1) is 9.22. The molecule has 19 heavy (non-hydrogen) atoms. The Morgan fingerprint density at radius 3 is 2.84 bits per heavy atom. The van der Waals surface area contributed by atoms with E-state index in [2.05, 4.69) is 22.2 Å². The van der Waals surface area contributed by atoms with E-state index >= 15 is 0 Å². The molecule has 0 radical (unpaired) electrons. The van der Waals surface area contributed by atoms with E-state index in [9.17, 15) is 0 Å². The van der Waals surface area contributed by atoms with E-state index in [-0.39, 0.29) is 6.04 Å². The highest BCUT2D eigenvalue weighted by Gasteiger charge is 2.10. The summed E-state index contributed by atoms with van der Waals surface area (Å²) >= 11 is 0. The predicted molar refractivity (Wildman–Crippen MR) is 74.8 cm³/mol. The Bertz CT molecular complexity index is 650. The number of rotatable bonds is 4. The first kappa shape index (κ1) is 12.0. The molecule has 2 heterocycles. The summed E-state index contributed by atoms with van der Waals surface area (Å²) in [5.74, 6) is 2.83. The van der Waals surface area contributed by atoms with Gasteiger partial charge in [0.15, 0.2) is 0 Å². The van der Waals surface area contributed by atoms with Crippen LogP contribution in [0.25, 0.3) is 11.0 Å². The number of aromatic amines is 1. The molecule has 3 rings (SSSR count). The number of furan rings is 1. The second-order valence-corrected chi connectivity index (χ2v) is 4.75. The number of imidazole rings is 1. The Morgan fingerprint density at radius 1 is 1.26 bits per heavy atom. The fraction of sp³-hybridized carbons (Fsp3) is 0.267.